The summed E-state index contributed by atoms with van der Waals surface area (Å²) in [5.74, 6) is 1.47. The third kappa shape index (κ3) is 1.69. The SMILES string of the molecule is S=c1nc(C2CCc3ccccc3C2)[nH][nH]1. The Morgan fingerprint density at radius 3 is 2.75 bits per heavy atom. The van der Waals surface area contributed by atoms with E-state index in [4.69, 9.17) is 12.2 Å². The van der Waals surface area contributed by atoms with Gasteiger partial charge in [-0.1, -0.05) is 24.3 Å². The maximum atomic E-state index is 4.98. The van der Waals surface area contributed by atoms with Crippen molar-refractivity contribution in [2.75, 3.05) is 0 Å². The maximum Gasteiger partial charge on any atom is 0.213 e. The number of hydrogen-bond donors (Lipinski definition) is 2. The molecule has 3 nitrogen and oxygen atoms in total. The van der Waals surface area contributed by atoms with E-state index in [-0.39, 0.29) is 0 Å². The molecule has 1 aromatic carbocycles. The van der Waals surface area contributed by atoms with Gasteiger partial charge in [-0.05, 0) is 42.6 Å². The van der Waals surface area contributed by atoms with Crippen LogP contribution < -0.4 is 0 Å². The lowest BCUT2D eigenvalue weighted by atomic mass is 9.83. The van der Waals surface area contributed by atoms with Crippen LogP contribution in [0.1, 0.15) is 29.3 Å². The van der Waals surface area contributed by atoms with E-state index in [9.17, 15) is 0 Å². The number of aromatic nitrogens is 3. The van der Waals surface area contributed by atoms with Crippen LogP contribution in [-0.4, -0.2) is 15.2 Å². The molecule has 0 fully saturated rings. The Labute approximate surface area is 98.9 Å². The van der Waals surface area contributed by atoms with Crippen molar-refractivity contribution in [1.82, 2.24) is 15.2 Å². The van der Waals surface area contributed by atoms with Crippen LogP contribution in [0.2, 0.25) is 0 Å². The number of aryl methyl sites for hydroxylation is 1. The first-order chi connectivity index (χ1) is 7.83. The number of H-pyrrole nitrogens is 2. The quantitative estimate of drug-likeness (QED) is 0.741. The molecule has 2 aromatic rings. The minimum Gasteiger partial charge on any atom is -0.285 e. The van der Waals surface area contributed by atoms with Crippen LogP contribution in [0.15, 0.2) is 24.3 Å². The molecule has 0 bridgehead atoms. The Kier molecular flexibility index (Phi) is 2.36. The summed E-state index contributed by atoms with van der Waals surface area (Å²) in [7, 11) is 0. The van der Waals surface area contributed by atoms with Crippen molar-refractivity contribution in [3.05, 3.63) is 46.0 Å². The van der Waals surface area contributed by atoms with Gasteiger partial charge in [0.2, 0.25) is 4.77 Å². The van der Waals surface area contributed by atoms with Crippen molar-refractivity contribution in [1.29, 1.82) is 0 Å². The third-order valence-electron chi connectivity index (χ3n) is 3.25. The van der Waals surface area contributed by atoms with E-state index >= 15 is 0 Å². The average molecular weight is 231 g/mol. The number of nitrogens with one attached hydrogen (secondary N) is 2. The topological polar surface area (TPSA) is 44.5 Å². The zero-order valence-corrected chi connectivity index (χ0v) is 9.68. The Bertz CT molecular complexity index is 555. The fourth-order valence-electron chi connectivity index (χ4n) is 2.41. The van der Waals surface area contributed by atoms with E-state index in [2.05, 4.69) is 39.4 Å². The highest BCUT2D eigenvalue weighted by Crippen LogP contribution is 2.30. The third-order valence-corrected chi connectivity index (χ3v) is 3.45. The van der Waals surface area contributed by atoms with E-state index in [1.54, 1.807) is 0 Å². The van der Waals surface area contributed by atoms with E-state index < -0.39 is 0 Å². The molecule has 0 amide bonds. The predicted molar refractivity (Wildman–Crippen MR) is 65.0 cm³/mol. The lowest BCUT2D eigenvalue weighted by molar-refractivity contribution is 0.557. The van der Waals surface area contributed by atoms with Crippen molar-refractivity contribution < 1.29 is 0 Å². The fourth-order valence-corrected chi connectivity index (χ4v) is 2.56. The molecule has 0 aliphatic heterocycles. The second-order valence-electron chi connectivity index (χ2n) is 4.26. The van der Waals surface area contributed by atoms with Crippen LogP contribution in [0.3, 0.4) is 0 Å². The Hall–Kier alpha value is -1.42. The summed E-state index contributed by atoms with van der Waals surface area (Å²) in [5, 5.41) is 5.93. The van der Waals surface area contributed by atoms with Gasteiger partial charge in [-0.3, -0.25) is 10.2 Å². The smallest absolute Gasteiger partial charge is 0.213 e. The first-order valence-corrected chi connectivity index (χ1v) is 5.95. The highest BCUT2D eigenvalue weighted by Gasteiger charge is 2.21. The van der Waals surface area contributed by atoms with Crippen LogP contribution in [0.25, 0.3) is 0 Å². The number of hydrogen-bond acceptors (Lipinski definition) is 2. The Morgan fingerprint density at radius 1 is 1.19 bits per heavy atom. The summed E-state index contributed by atoms with van der Waals surface area (Å²) < 4.78 is 0.550. The summed E-state index contributed by atoms with van der Waals surface area (Å²) in [6.45, 7) is 0. The van der Waals surface area contributed by atoms with Gasteiger partial charge < -0.3 is 0 Å². The van der Waals surface area contributed by atoms with Crippen molar-refractivity contribution in [3.8, 4) is 0 Å². The predicted octanol–water partition coefficient (Wildman–Crippen LogP) is 2.74. The van der Waals surface area contributed by atoms with Crippen molar-refractivity contribution in [2.45, 2.75) is 25.2 Å². The van der Waals surface area contributed by atoms with Gasteiger partial charge in [0.05, 0.1) is 0 Å². The number of nitrogens with zero attached hydrogens (tertiary/aromatic N) is 1. The summed E-state index contributed by atoms with van der Waals surface area (Å²) in [4.78, 5) is 4.31. The van der Waals surface area contributed by atoms with Gasteiger partial charge >= 0.3 is 0 Å². The number of fused-ring (bicyclic) bond motifs is 1. The van der Waals surface area contributed by atoms with Gasteiger partial charge in [0.15, 0.2) is 0 Å². The Balaban J connectivity index is 1.90. The monoisotopic (exact) mass is 231 g/mol. The molecular weight excluding hydrogens is 218 g/mol. The normalized spacial score (nSPS) is 19.4. The molecule has 1 heterocycles. The van der Waals surface area contributed by atoms with Gasteiger partial charge in [-0.2, -0.15) is 0 Å². The van der Waals surface area contributed by atoms with Crippen molar-refractivity contribution in [3.63, 3.8) is 0 Å². The molecule has 0 spiro atoms. The Morgan fingerprint density at radius 2 is 2.00 bits per heavy atom. The highest BCUT2D eigenvalue weighted by molar-refractivity contribution is 7.71. The second kappa shape index (κ2) is 3.87. The molecule has 1 aliphatic carbocycles. The van der Waals surface area contributed by atoms with E-state index in [0.29, 0.717) is 10.7 Å². The van der Waals surface area contributed by atoms with Crippen LogP contribution in [0.5, 0.6) is 0 Å². The number of aromatic amines is 2. The summed E-state index contributed by atoms with van der Waals surface area (Å²) >= 11 is 4.98. The molecule has 3 rings (SSSR count). The molecule has 1 atom stereocenters. The highest BCUT2D eigenvalue weighted by atomic mass is 32.1. The van der Waals surface area contributed by atoms with Gasteiger partial charge in [-0.15, -0.1) is 0 Å². The van der Waals surface area contributed by atoms with E-state index in [0.717, 1.165) is 25.1 Å². The lowest BCUT2D eigenvalue weighted by Crippen LogP contribution is -2.13. The maximum absolute atomic E-state index is 4.98. The summed E-state index contributed by atoms with van der Waals surface area (Å²) in [6.07, 6.45) is 3.34. The molecule has 1 unspecified atom stereocenters. The standard InChI is InChI=1S/C12H13N3S/c16-12-13-11(14-15-12)10-6-5-8-3-1-2-4-9(8)7-10/h1-4,10H,5-7H2,(H2,13,14,15,16). The number of rotatable bonds is 1. The van der Waals surface area contributed by atoms with Gasteiger partial charge in [0.25, 0.3) is 0 Å². The first kappa shape index (κ1) is 9.78. The zero-order valence-electron chi connectivity index (χ0n) is 8.86. The molecule has 0 saturated heterocycles. The van der Waals surface area contributed by atoms with Gasteiger partial charge in [-0.25, -0.2) is 4.98 Å². The molecule has 2 N–H and O–H groups in total. The average Bonchev–Trinajstić information content (AvgIpc) is 2.75. The molecule has 0 saturated carbocycles. The van der Waals surface area contributed by atoms with Crippen molar-refractivity contribution in [2.24, 2.45) is 0 Å². The first-order valence-electron chi connectivity index (χ1n) is 5.54. The molecule has 82 valence electrons. The minimum absolute atomic E-state index is 0.475. The molecule has 4 heteroatoms. The van der Waals surface area contributed by atoms with Crippen LogP contribution in [0.4, 0.5) is 0 Å². The van der Waals surface area contributed by atoms with Crippen LogP contribution in [0, 0.1) is 4.77 Å². The fraction of sp³-hybridized carbons (Fsp3) is 0.333. The second-order valence-corrected chi connectivity index (χ2v) is 4.65. The molecule has 16 heavy (non-hydrogen) atoms. The molecule has 1 aliphatic rings. The lowest BCUT2D eigenvalue weighted by Gasteiger charge is -2.22. The number of benzene rings is 1. The summed E-state index contributed by atoms with van der Waals surface area (Å²) in [6, 6.07) is 8.65. The summed E-state index contributed by atoms with van der Waals surface area (Å²) in [5.41, 5.74) is 2.92. The molecule has 1 aromatic heterocycles. The van der Waals surface area contributed by atoms with E-state index in [1.165, 1.54) is 11.1 Å². The van der Waals surface area contributed by atoms with Crippen molar-refractivity contribution >= 4 is 12.2 Å². The van der Waals surface area contributed by atoms with E-state index in [1.807, 2.05) is 0 Å². The van der Waals surface area contributed by atoms with Gasteiger partial charge in [0.1, 0.15) is 5.82 Å². The van der Waals surface area contributed by atoms with Crippen LogP contribution in [-0.2, 0) is 12.8 Å². The van der Waals surface area contributed by atoms with Crippen LogP contribution >= 0.6 is 12.2 Å². The van der Waals surface area contributed by atoms with Gasteiger partial charge in [0, 0.05) is 5.92 Å². The zero-order chi connectivity index (χ0) is 11.0. The largest absolute Gasteiger partial charge is 0.285 e. The minimum atomic E-state index is 0.475. The molecular formula is C12H13N3S. The molecule has 0 radical (unpaired) electrons.